The van der Waals surface area contributed by atoms with Crippen LogP contribution >= 0.6 is 0 Å². The van der Waals surface area contributed by atoms with Crippen LogP contribution in [-0.2, 0) is 0 Å². The summed E-state index contributed by atoms with van der Waals surface area (Å²) < 4.78 is 16.5. The van der Waals surface area contributed by atoms with Gasteiger partial charge in [-0.2, -0.15) is 0 Å². The average Bonchev–Trinajstić information content (AvgIpc) is 2.66. The molecule has 0 aliphatic carbocycles. The summed E-state index contributed by atoms with van der Waals surface area (Å²) in [7, 11) is 4.84. The van der Waals surface area contributed by atoms with Crippen molar-refractivity contribution in [2.24, 2.45) is 5.92 Å². The SMILES string of the molecule is COc1cc2nc(N3CCC[C@H](CO)C3)cc(C)c2c(OC)c1OC. The molecule has 0 bridgehead atoms. The van der Waals surface area contributed by atoms with E-state index in [0.717, 1.165) is 48.2 Å². The molecule has 1 fully saturated rings. The number of aliphatic hydroxyl groups excluding tert-OH is 1. The fraction of sp³-hybridized carbons (Fsp3) is 0.526. The molecule has 1 N–H and O–H groups in total. The molecule has 0 unspecified atom stereocenters. The van der Waals surface area contributed by atoms with Crippen LogP contribution in [0.2, 0.25) is 0 Å². The van der Waals surface area contributed by atoms with E-state index in [1.54, 1.807) is 21.3 Å². The minimum absolute atomic E-state index is 0.224. The van der Waals surface area contributed by atoms with Gasteiger partial charge in [-0.15, -0.1) is 0 Å². The molecule has 3 rings (SSSR count). The van der Waals surface area contributed by atoms with Gasteiger partial charge in [-0.25, -0.2) is 4.98 Å². The summed E-state index contributed by atoms with van der Waals surface area (Å²) in [6.07, 6.45) is 2.14. The fourth-order valence-corrected chi connectivity index (χ4v) is 3.62. The van der Waals surface area contributed by atoms with Crippen LogP contribution in [0.1, 0.15) is 18.4 Å². The first-order valence-corrected chi connectivity index (χ1v) is 8.59. The molecule has 1 atom stereocenters. The third kappa shape index (κ3) is 3.18. The zero-order chi connectivity index (χ0) is 18.0. The van der Waals surface area contributed by atoms with Crippen molar-refractivity contribution in [2.75, 3.05) is 45.9 Å². The number of anilines is 1. The Bertz CT molecular complexity index is 763. The molecular weight excluding hydrogens is 320 g/mol. The Balaban J connectivity index is 2.12. The van der Waals surface area contributed by atoms with Crippen LogP contribution in [0.4, 0.5) is 5.82 Å². The van der Waals surface area contributed by atoms with E-state index in [-0.39, 0.29) is 6.61 Å². The zero-order valence-corrected chi connectivity index (χ0v) is 15.3. The van der Waals surface area contributed by atoms with Gasteiger partial charge in [0.2, 0.25) is 5.75 Å². The Morgan fingerprint density at radius 3 is 2.56 bits per heavy atom. The predicted octanol–water partition coefficient (Wildman–Crippen LogP) is 2.78. The second-order valence-corrected chi connectivity index (χ2v) is 6.47. The van der Waals surface area contributed by atoms with E-state index in [0.29, 0.717) is 23.2 Å². The predicted molar refractivity (Wildman–Crippen MR) is 98.2 cm³/mol. The maximum absolute atomic E-state index is 9.48. The Morgan fingerprint density at radius 2 is 1.92 bits per heavy atom. The molecule has 6 nitrogen and oxygen atoms in total. The summed E-state index contributed by atoms with van der Waals surface area (Å²) in [4.78, 5) is 7.10. The number of fused-ring (bicyclic) bond motifs is 1. The number of nitrogens with zero attached hydrogens (tertiary/aromatic N) is 2. The number of hydrogen-bond donors (Lipinski definition) is 1. The number of ether oxygens (including phenoxy) is 3. The number of pyridine rings is 1. The molecule has 1 aromatic carbocycles. The van der Waals surface area contributed by atoms with Crippen molar-refractivity contribution in [1.29, 1.82) is 0 Å². The smallest absolute Gasteiger partial charge is 0.204 e. The third-order valence-corrected chi connectivity index (χ3v) is 4.89. The Morgan fingerprint density at radius 1 is 1.16 bits per heavy atom. The van der Waals surface area contributed by atoms with Gasteiger partial charge in [0.05, 0.1) is 26.8 Å². The summed E-state index contributed by atoms with van der Waals surface area (Å²) in [5.74, 6) is 3.06. The molecule has 136 valence electrons. The third-order valence-electron chi connectivity index (χ3n) is 4.89. The van der Waals surface area contributed by atoms with Gasteiger partial charge in [0.25, 0.3) is 0 Å². The van der Waals surface area contributed by atoms with E-state index in [1.165, 1.54) is 0 Å². The highest BCUT2D eigenvalue weighted by Crippen LogP contribution is 2.44. The molecule has 6 heteroatoms. The van der Waals surface area contributed by atoms with Crippen LogP contribution < -0.4 is 19.1 Å². The monoisotopic (exact) mass is 346 g/mol. The maximum Gasteiger partial charge on any atom is 0.204 e. The normalized spacial score (nSPS) is 17.6. The summed E-state index contributed by atoms with van der Waals surface area (Å²) in [6, 6.07) is 3.97. The topological polar surface area (TPSA) is 64.1 Å². The van der Waals surface area contributed by atoms with Crippen LogP contribution in [0, 0.1) is 12.8 Å². The number of aryl methyl sites for hydroxylation is 1. The molecule has 1 saturated heterocycles. The van der Waals surface area contributed by atoms with E-state index in [1.807, 2.05) is 6.07 Å². The molecule has 1 aromatic heterocycles. The lowest BCUT2D eigenvalue weighted by atomic mass is 9.99. The van der Waals surface area contributed by atoms with E-state index in [9.17, 15) is 5.11 Å². The average molecular weight is 346 g/mol. The highest BCUT2D eigenvalue weighted by Gasteiger charge is 2.23. The Labute approximate surface area is 148 Å². The molecule has 0 amide bonds. The summed E-state index contributed by atoms with van der Waals surface area (Å²) in [6.45, 7) is 4.06. The van der Waals surface area contributed by atoms with Crippen molar-refractivity contribution in [2.45, 2.75) is 19.8 Å². The van der Waals surface area contributed by atoms with Gasteiger partial charge in [0.15, 0.2) is 11.5 Å². The number of hydrogen-bond acceptors (Lipinski definition) is 6. The summed E-state index contributed by atoms with van der Waals surface area (Å²) >= 11 is 0. The van der Waals surface area contributed by atoms with Gasteiger partial charge in [-0.3, -0.25) is 0 Å². The largest absolute Gasteiger partial charge is 0.493 e. The second kappa shape index (κ2) is 7.35. The summed E-state index contributed by atoms with van der Waals surface area (Å²) in [5, 5.41) is 10.4. The number of benzene rings is 1. The number of aromatic nitrogens is 1. The van der Waals surface area contributed by atoms with Crippen LogP contribution in [-0.4, -0.2) is 51.1 Å². The molecule has 1 aliphatic heterocycles. The van der Waals surface area contributed by atoms with E-state index < -0.39 is 0 Å². The van der Waals surface area contributed by atoms with Gasteiger partial charge >= 0.3 is 0 Å². The number of aliphatic hydroxyl groups is 1. The van der Waals surface area contributed by atoms with Crippen molar-refractivity contribution in [1.82, 2.24) is 4.98 Å². The van der Waals surface area contributed by atoms with Crippen molar-refractivity contribution in [3.05, 3.63) is 17.7 Å². The minimum atomic E-state index is 0.224. The zero-order valence-electron chi connectivity index (χ0n) is 15.3. The highest BCUT2D eigenvalue weighted by molar-refractivity contribution is 5.94. The van der Waals surface area contributed by atoms with Crippen LogP contribution in [0.3, 0.4) is 0 Å². The molecule has 0 saturated carbocycles. The number of rotatable bonds is 5. The standard InChI is InChI=1S/C19H26N2O4/c1-12-8-16(21-7-5-6-13(10-21)11-22)20-14-9-15(23-2)18(24-3)19(25-4)17(12)14/h8-9,13,22H,5-7,10-11H2,1-4H3/t13-/m0/s1. The molecule has 2 aromatic rings. The number of piperidine rings is 1. The first kappa shape index (κ1) is 17.6. The Kier molecular flexibility index (Phi) is 5.18. The number of methoxy groups -OCH3 is 3. The minimum Gasteiger partial charge on any atom is -0.493 e. The summed E-state index contributed by atoms with van der Waals surface area (Å²) in [5.41, 5.74) is 1.89. The van der Waals surface area contributed by atoms with Crippen LogP contribution in [0.25, 0.3) is 10.9 Å². The lowest BCUT2D eigenvalue weighted by Crippen LogP contribution is -2.37. The highest BCUT2D eigenvalue weighted by atomic mass is 16.5. The van der Waals surface area contributed by atoms with Crippen molar-refractivity contribution >= 4 is 16.7 Å². The van der Waals surface area contributed by atoms with Gasteiger partial charge in [0.1, 0.15) is 5.82 Å². The molecular formula is C19H26N2O4. The lowest BCUT2D eigenvalue weighted by molar-refractivity contribution is 0.208. The molecule has 0 spiro atoms. The van der Waals surface area contributed by atoms with Crippen molar-refractivity contribution in [3.63, 3.8) is 0 Å². The van der Waals surface area contributed by atoms with Crippen LogP contribution in [0.5, 0.6) is 17.2 Å². The van der Waals surface area contributed by atoms with Gasteiger partial charge in [-0.05, 0) is 37.3 Å². The fourth-order valence-electron chi connectivity index (χ4n) is 3.62. The molecule has 1 aliphatic rings. The van der Waals surface area contributed by atoms with Gasteiger partial charge < -0.3 is 24.2 Å². The van der Waals surface area contributed by atoms with Crippen molar-refractivity contribution < 1.29 is 19.3 Å². The van der Waals surface area contributed by atoms with E-state index in [2.05, 4.69) is 17.9 Å². The maximum atomic E-state index is 9.48. The first-order chi connectivity index (χ1) is 12.1. The quantitative estimate of drug-likeness (QED) is 0.898. The first-order valence-electron chi connectivity index (χ1n) is 8.59. The Hall–Kier alpha value is -2.21. The molecule has 25 heavy (non-hydrogen) atoms. The lowest BCUT2D eigenvalue weighted by Gasteiger charge is -2.33. The molecule has 0 radical (unpaired) electrons. The van der Waals surface area contributed by atoms with Gasteiger partial charge in [-0.1, -0.05) is 0 Å². The van der Waals surface area contributed by atoms with Crippen LogP contribution in [0.15, 0.2) is 12.1 Å². The molecule has 2 heterocycles. The van der Waals surface area contributed by atoms with Gasteiger partial charge in [0, 0.05) is 31.1 Å². The van der Waals surface area contributed by atoms with E-state index in [4.69, 9.17) is 19.2 Å². The van der Waals surface area contributed by atoms with Crippen molar-refractivity contribution in [3.8, 4) is 17.2 Å². The van der Waals surface area contributed by atoms with E-state index >= 15 is 0 Å². The second-order valence-electron chi connectivity index (χ2n) is 6.47.